The first-order chi connectivity index (χ1) is 24.3. The van der Waals surface area contributed by atoms with Crippen molar-refractivity contribution in [1.29, 1.82) is 0 Å². The van der Waals surface area contributed by atoms with Crippen LogP contribution in [-0.2, 0) is 5.41 Å². The molecule has 9 aromatic rings. The normalized spacial score (nSPS) is 14.2. The van der Waals surface area contributed by atoms with E-state index in [9.17, 15) is 0 Å². The summed E-state index contributed by atoms with van der Waals surface area (Å²) in [6.07, 6.45) is 0. The number of hydrogen-bond acceptors (Lipinski definition) is 3. The Bertz CT molecular complexity index is 2890. The lowest BCUT2D eigenvalue weighted by Crippen LogP contribution is -2.25. The molecule has 0 unspecified atom stereocenters. The smallest absolute Gasteiger partial charge is 0.235 e. The van der Waals surface area contributed by atoms with Crippen molar-refractivity contribution in [2.24, 2.45) is 0 Å². The van der Waals surface area contributed by atoms with E-state index in [2.05, 4.69) is 156 Å². The van der Waals surface area contributed by atoms with Gasteiger partial charge in [0.1, 0.15) is 0 Å². The van der Waals surface area contributed by atoms with E-state index in [0.29, 0.717) is 5.95 Å². The second-order valence-electron chi connectivity index (χ2n) is 13.2. The van der Waals surface area contributed by atoms with Crippen LogP contribution in [0.2, 0.25) is 0 Å². The molecule has 1 spiro atoms. The molecule has 2 aliphatic carbocycles. The van der Waals surface area contributed by atoms with Gasteiger partial charge in [0, 0.05) is 37.1 Å². The van der Waals surface area contributed by atoms with E-state index in [-0.39, 0.29) is 0 Å². The van der Waals surface area contributed by atoms with Gasteiger partial charge in [0.15, 0.2) is 0 Å². The summed E-state index contributed by atoms with van der Waals surface area (Å²) < 4.78 is 2.35. The van der Waals surface area contributed by atoms with Crippen molar-refractivity contribution >= 4 is 44.5 Å². The zero-order valence-corrected chi connectivity index (χ0v) is 27.0. The Morgan fingerprint density at radius 2 is 1.10 bits per heavy atom. The molecule has 0 N–H and O–H groups in total. The van der Waals surface area contributed by atoms with Crippen LogP contribution >= 0.6 is 11.8 Å². The summed E-state index contributed by atoms with van der Waals surface area (Å²) >= 11 is 1.80. The quantitative estimate of drug-likeness (QED) is 0.179. The Morgan fingerprint density at radius 1 is 0.469 bits per heavy atom. The Hall–Kier alpha value is -5.97. The monoisotopic (exact) mass is 639 g/mol. The van der Waals surface area contributed by atoms with Crippen LogP contribution in [0.15, 0.2) is 161 Å². The average molecular weight is 640 g/mol. The third-order valence-corrected chi connectivity index (χ3v) is 12.2. The summed E-state index contributed by atoms with van der Waals surface area (Å²) in [6.45, 7) is 0. The molecule has 0 fully saturated rings. The molecule has 226 valence electrons. The van der Waals surface area contributed by atoms with Crippen molar-refractivity contribution in [3.8, 4) is 39.5 Å². The molecular weight excluding hydrogens is 615 g/mol. The number of fused-ring (bicyclic) bond motifs is 16. The SMILES string of the molecule is c1ccc2c(c1)Sc1cccc3nc(-n4c5ccccc5c5ccc6c(c54)-c4ccccc4C64c5ccccc5-c5ccccc54)nc-2c13. The predicted octanol–water partition coefficient (Wildman–Crippen LogP) is 11.2. The molecule has 0 amide bonds. The molecule has 0 saturated heterocycles. The van der Waals surface area contributed by atoms with Gasteiger partial charge < -0.3 is 0 Å². The summed E-state index contributed by atoms with van der Waals surface area (Å²) in [7, 11) is 0. The molecule has 12 rings (SSSR count). The summed E-state index contributed by atoms with van der Waals surface area (Å²) in [5, 5.41) is 3.54. The first-order valence-corrected chi connectivity index (χ1v) is 17.6. The largest absolute Gasteiger partial charge is 0.277 e. The maximum Gasteiger partial charge on any atom is 0.235 e. The molecule has 0 bridgehead atoms. The highest BCUT2D eigenvalue weighted by atomic mass is 32.2. The van der Waals surface area contributed by atoms with Crippen LogP contribution in [0, 0.1) is 0 Å². The number of nitrogens with zero attached hydrogens (tertiary/aromatic N) is 3. The first kappa shape index (κ1) is 26.0. The topological polar surface area (TPSA) is 30.7 Å². The van der Waals surface area contributed by atoms with Crippen LogP contribution in [0.4, 0.5) is 0 Å². The lowest BCUT2D eigenvalue weighted by Gasteiger charge is -2.30. The number of rotatable bonds is 1. The zero-order chi connectivity index (χ0) is 31.8. The standard InChI is InChI=1S/C45H25N3S/c1-6-17-32-26(12-1)27-13-2-7-18-33(27)45(32)34-19-8-3-15-30(34)40-35(45)25-24-29-28-14-4-9-21-37(28)48(43(29)40)44-46-36-20-11-23-39-41(36)42(47-44)31-16-5-10-22-38(31)49-39/h1-25H. The van der Waals surface area contributed by atoms with Crippen molar-refractivity contribution in [2.45, 2.75) is 15.2 Å². The number of benzene rings is 7. The first-order valence-electron chi connectivity index (χ1n) is 16.8. The lowest BCUT2D eigenvalue weighted by molar-refractivity contribution is 0.794. The van der Waals surface area contributed by atoms with E-state index in [1.54, 1.807) is 11.8 Å². The van der Waals surface area contributed by atoms with Gasteiger partial charge in [0.25, 0.3) is 0 Å². The predicted molar refractivity (Wildman–Crippen MR) is 200 cm³/mol. The van der Waals surface area contributed by atoms with Gasteiger partial charge in [0.2, 0.25) is 5.95 Å². The van der Waals surface area contributed by atoms with Crippen LogP contribution in [0.25, 0.3) is 72.2 Å². The molecule has 0 saturated carbocycles. The third kappa shape index (κ3) is 3.07. The summed E-state index contributed by atoms with van der Waals surface area (Å²) in [5.74, 6) is 0.701. The summed E-state index contributed by atoms with van der Waals surface area (Å²) in [6, 6.07) is 55.6. The van der Waals surface area contributed by atoms with E-state index in [4.69, 9.17) is 9.97 Å². The van der Waals surface area contributed by atoms with Gasteiger partial charge in [-0.3, -0.25) is 4.57 Å². The van der Waals surface area contributed by atoms with Gasteiger partial charge in [0.05, 0.1) is 27.7 Å². The molecule has 3 nitrogen and oxygen atoms in total. The van der Waals surface area contributed by atoms with E-state index in [1.165, 1.54) is 65.1 Å². The van der Waals surface area contributed by atoms with Crippen LogP contribution < -0.4 is 0 Å². The van der Waals surface area contributed by atoms with Gasteiger partial charge >= 0.3 is 0 Å². The van der Waals surface area contributed by atoms with Crippen LogP contribution in [0.5, 0.6) is 0 Å². The van der Waals surface area contributed by atoms with E-state index in [1.807, 2.05) is 0 Å². The molecule has 7 aromatic carbocycles. The molecule has 4 heteroatoms. The molecule has 49 heavy (non-hydrogen) atoms. The molecule has 0 atom stereocenters. The van der Waals surface area contributed by atoms with Crippen LogP contribution in [0.3, 0.4) is 0 Å². The summed E-state index contributed by atoms with van der Waals surface area (Å²) in [5.41, 5.74) is 15.5. The van der Waals surface area contributed by atoms with Gasteiger partial charge in [-0.15, -0.1) is 0 Å². The highest BCUT2D eigenvalue weighted by molar-refractivity contribution is 7.99. The Kier molecular flexibility index (Phi) is 4.85. The van der Waals surface area contributed by atoms with E-state index >= 15 is 0 Å². The van der Waals surface area contributed by atoms with Crippen molar-refractivity contribution in [1.82, 2.24) is 14.5 Å². The number of aromatic nitrogens is 3. The van der Waals surface area contributed by atoms with E-state index in [0.717, 1.165) is 33.2 Å². The van der Waals surface area contributed by atoms with Crippen molar-refractivity contribution in [3.05, 3.63) is 174 Å². The number of para-hydroxylation sites is 1. The molecule has 1 aliphatic heterocycles. The average Bonchev–Trinajstić information content (AvgIpc) is 3.77. The minimum Gasteiger partial charge on any atom is -0.277 e. The maximum atomic E-state index is 5.50. The minimum atomic E-state index is -0.421. The third-order valence-electron chi connectivity index (χ3n) is 11.0. The van der Waals surface area contributed by atoms with Crippen molar-refractivity contribution in [2.75, 3.05) is 0 Å². The summed E-state index contributed by atoms with van der Waals surface area (Å²) in [4.78, 5) is 13.3. The minimum absolute atomic E-state index is 0.421. The second kappa shape index (κ2) is 9.13. The Labute approximate surface area is 286 Å². The Balaban J connectivity index is 1.27. The number of hydrogen-bond donors (Lipinski definition) is 0. The molecule has 3 aliphatic rings. The van der Waals surface area contributed by atoms with Crippen molar-refractivity contribution in [3.63, 3.8) is 0 Å². The van der Waals surface area contributed by atoms with Crippen LogP contribution in [0.1, 0.15) is 22.3 Å². The highest BCUT2D eigenvalue weighted by Crippen LogP contribution is 2.64. The molecular formula is C45H25N3S. The van der Waals surface area contributed by atoms with Crippen LogP contribution in [-0.4, -0.2) is 14.5 Å². The molecule has 0 radical (unpaired) electrons. The highest BCUT2D eigenvalue weighted by Gasteiger charge is 2.52. The van der Waals surface area contributed by atoms with Gasteiger partial charge in [-0.1, -0.05) is 139 Å². The second-order valence-corrected chi connectivity index (χ2v) is 14.3. The Morgan fingerprint density at radius 3 is 1.90 bits per heavy atom. The molecule has 3 heterocycles. The lowest BCUT2D eigenvalue weighted by atomic mass is 9.70. The van der Waals surface area contributed by atoms with Crippen molar-refractivity contribution < 1.29 is 0 Å². The fourth-order valence-corrected chi connectivity index (χ4v) is 10.3. The van der Waals surface area contributed by atoms with Gasteiger partial charge in [-0.2, -0.15) is 0 Å². The van der Waals surface area contributed by atoms with E-state index < -0.39 is 5.41 Å². The maximum absolute atomic E-state index is 5.50. The van der Waals surface area contributed by atoms with Gasteiger partial charge in [-0.05, 0) is 63.2 Å². The fourth-order valence-electron chi connectivity index (χ4n) is 9.23. The van der Waals surface area contributed by atoms with Gasteiger partial charge in [-0.25, -0.2) is 9.97 Å². The fraction of sp³-hybridized carbons (Fsp3) is 0.0222. The molecule has 2 aromatic heterocycles. The zero-order valence-electron chi connectivity index (χ0n) is 26.2.